The molecule has 0 aliphatic heterocycles. The molecule has 0 fully saturated rings. The summed E-state index contributed by atoms with van der Waals surface area (Å²) >= 11 is 0. The van der Waals surface area contributed by atoms with E-state index in [9.17, 15) is 4.79 Å². The van der Waals surface area contributed by atoms with Crippen LogP contribution in [0.5, 0.6) is 17.2 Å². The third-order valence-corrected chi connectivity index (χ3v) is 3.32. The first-order valence-electron chi connectivity index (χ1n) is 6.59. The van der Waals surface area contributed by atoms with Crippen LogP contribution in [-0.4, -0.2) is 32.4 Å². The predicted molar refractivity (Wildman–Crippen MR) is 80.4 cm³/mol. The monoisotopic (exact) mass is 294 g/mol. The Hall–Kier alpha value is -2.17. The summed E-state index contributed by atoms with van der Waals surface area (Å²) in [7, 11) is 4.64. The summed E-state index contributed by atoms with van der Waals surface area (Å²) in [6, 6.07) is 3.66. The number of rotatable bonds is 8. The fourth-order valence-corrected chi connectivity index (χ4v) is 2.17. The highest BCUT2D eigenvalue weighted by Gasteiger charge is 2.18. The number of ether oxygens (including phenoxy) is 3. The van der Waals surface area contributed by atoms with Crippen LogP contribution in [0.1, 0.15) is 18.9 Å². The zero-order valence-electron chi connectivity index (χ0n) is 12.9. The molecule has 0 bridgehead atoms. The quantitative estimate of drug-likeness (QED) is 0.747. The number of hydrogen-bond acceptors (Lipinski definition) is 4. The molecule has 0 spiro atoms. The molecule has 0 saturated heterocycles. The maximum atomic E-state index is 10.9. The maximum Gasteiger partial charge on any atom is 0.303 e. The van der Waals surface area contributed by atoms with Gasteiger partial charge < -0.3 is 19.3 Å². The maximum absolute atomic E-state index is 10.9. The summed E-state index contributed by atoms with van der Waals surface area (Å²) in [4.78, 5) is 10.9. The third-order valence-electron chi connectivity index (χ3n) is 3.32. The van der Waals surface area contributed by atoms with Crippen molar-refractivity contribution in [2.45, 2.75) is 19.8 Å². The molecule has 1 aromatic rings. The van der Waals surface area contributed by atoms with Crippen LogP contribution < -0.4 is 14.2 Å². The van der Waals surface area contributed by atoms with Crippen molar-refractivity contribution in [2.75, 3.05) is 21.3 Å². The Morgan fingerprint density at radius 1 is 1.19 bits per heavy atom. The lowest BCUT2D eigenvalue weighted by molar-refractivity contribution is -0.137. The van der Waals surface area contributed by atoms with Gasteiger partial charge in [-0.15, -0.1) is 0 Å². The molecule has 21 heavy (non-hydrogen) atoms. The number of hydrogen-bond donors (Lipinski definition) is 1. The summed E-state index contributed by atoms with van der Waals surface area (Å²) in [6.07, 6.45) is 0.602. The second kappa shape index (κ2) is 7.57. The first kappa shape index (κ1) is 16.9. The molecule has 5 nitrogen and oxygen atoms in total. The van der Waals surface area contributed by atoms with Gasteiger partial charge in [-0.05, 0) is 37.0 Å². The number of benzene rings is 1. The average Bonchev–Trinajstić information content (AvgIpc) is 2.44. The Bertz CT molecular complexity index is 496. The van der Waals surface area contributed by atoms with E-state index in [2.05, 4.69) is 6.58 Å². The van der Waals surface area contributed by atoms with Crippen LogP contribution in [0, 0.1) is 5.92 Å². The van der Waals surface area contributed by atoms with Gasteiger partial charge in [0.25, 0.3) is 0 Å². The van der Waals surface area contributed by atoms with E-state index in [4.69, 9.17) is 19.3 Å². The molecule has 116 valence electrons. The van der Waals surface area contributed by atoms with Gasteiger partial charge in [-0.25, -0.2) is 0 Å². The predicted octanol–water partition coefficient (Wildman–Crippen LogP) is 2.92. The fraction of sp³-hybridized carbons (Fsp3) is 0.438. The first-order valence-corrected chi connectivity index (χ1v) is 6.59. The Balaban J connectivity index is 3.12. The minimum Gasteiger partial charge on any atom is -0.493 e. The van der Waals surface area contributed by atoms with Crippen molar-refractivity contribution in [2.24, 2.45) is 5.92 Å². The van der Waals surface area contributed by atoms with E-state index in [0.29, 0.717) is 23.7 Å². The molecule has 0 saturated carbocycles. The summed E-state index contributed by atoms with van der Waals surface area (Å²) in [5, 5.41) is 8.98. The fourth-order valence-electron chi connectivity index (χ4n) is 2.17. The normalized spacial score (nSPS) is 11.6. The van der Waals surface area contributed by atoms with Crippen LogP contribution in [0.25, 0.3) is 0 Å². The van der Waals surface area contributed by atoms with Crippen molar-refractivity contribution < 1.29 is 24.1 Å². The van der Waals surface area contributed by atoms with Crippen LogP contribution in [0.4, 0.5) is 0 Å². The molecular formula is C16H22O5. The highest BCUT2D eigenvalue weighted by molar-refractivity contribution is 5.67. The van der Waals surface area contributed by atoms with Gasteiger partial charge in [-0.1, -0.05) is 12.2 Å². The van der Waals surface area contributed by atoms with Gasteiger partial charge in [0.1, 0.15) is 0 Å². The zero-order chi connectivity index (χ0) is 16.0. The Morgan fingerprint density at radius 3 is 2.05 bits per heavy atom. The molecule has 0 radical (unpaired) electrons. The molecule has 5 heteroatoms. The summed E-state index contributed by atoms with van der Waals surface area (Å²) in [6.45, 7) is 5.71. The van der Waals surface area contributed by atoms with Gasteiger partial charge >= 0.3 is 5.97 Å². The Labute approximate surface area is 125 Å². The van der Waals surface area contributed by atoms with Crippen molar-refractivity contribution in [1.29, 1.82) is 0 Å². The lowest BCUT2D eigenvalue weighted by Gasteiger charge is -2.18. The van der Waals surface area contributed by atoms with Gasteiger partial charge in [0.15, 0.2) is 11.5 Å². The van der Waals surface area contributed by atoms with Crippen molar-refractivity contribution in [3.05, 3.63) is 29.8 Å². The highest BCUT2D eigenvalue weighted by atomic mass is 16.5. The van der Waals surface area contributed by atoms with Crippen LogP contribution in [-0.2, 0) is 11.2 Å². The van der Waals surface area contributed by atoms with Crippen molar-refractivity contribution >= 4 is 5.97 Å². The van der Waals surface area contributed by atoms with E-state index >= 15 is 0 Å². The summed E-state index contributed by atoms with van der Waals surface area (Å²) < 4.78 is 15.9. The van der Waals surface area contributed by atoms with Crippen LogP contribution in [0.3, 0.4) is 0 Å². The molecule has 0 aliphatic carbocycles. The number of aliphatic carboxylic acids is 1. The average molecular weight is 294 g/mol. The topological polar surface area (TPSA) is 65.0 Å². The third kappa shape index (κ3) is 4.41. The summed E-state index contributed by atoms with van der Waals surface area (Å²) in [5.74, 6) is 0.667. The van der Waals surface area contributed by atoms with E-state index in [1.165, 1.54) is 0 Å². The zero-order valence-corrected chi connectivity index (χ0v) is 12.9. The molecule has 1 aromatic carbocycles. The van der Waals surface area contributed by atoms with Crippen molar-refractivity contribution in [3.8, 4) is 17.2 Å². The number of allylic oxidation sites excluding steroid dienone is 1. The molecule has 0 aromatic heterocycles. The SMILES string of the molecule is C=C(C)C(CC(=O)O)Cc1cc(OC)c(OC)c(OC)c1. The van der Waals surface area contributed by atoms with Crippen LogP contribution >= 0.6 is 0 Å². The van der Waals surface area contributed by atoms with E-state index in [1.54, 1.807) is 21.3 Å². The van der Waals surface area contributed by atoms with Gasteiger partial charge in [0.05, 0.1) is 27.8 Å². The van der Waals surface area contributed by atoms with Gasteiger partial charge in [0.2, 0.25) is 5.75 Å². The lowest BCUT2D eigenvalue weighted by Crippen LogP contribution is -2.12. The molecular weight excluding hydrogens is 272 g/mol. The molecule has 1 N–H and O–H groups in total. The Morgan fingerprint density at radius 2 is 1.71 bits per heavy atom. The number of carbonyl (C=O) groups is 1. The number of methoxy groups -OCH3 is 3. The lowest BCUT2D eigenvalue weighted by atomic mass is 9.90. The number of carboxylic acid groups (broad SMARTS) is 1. The molecule has 0 heterocycles. The molecule has 1 atom stereocenters. The Kier molecular flexibility index (Phi) is 6.09. The van der Waals surface area contributed by atoms with Gasteiger partial charge in [-0.3, -0.25) is 4.79 Å². The van der Waals surface area contributed by atoms with E-state index < -0.39 is 5.97 Å². The number of carboxylic acids is 1. The second-order valence-corrected chi connectivity index (χ2v) is 4.88. The molecule has 0 amide bonds. The largest absolute Gasteiger partial charge is 0.493 e. The van der Waals surface area contributed by atoms with Crippen LogP contribution in [0.15, 0.2) is 24.3 Å². The molecule has 1 unspecified atom stereocenters. The smallest absolute Gasteiger partial charge is 0.303 e. The molecule has 0 aliphatic rings. The highest BCUT2D eigenvalue weighted by Crippen LogP contribution is 2.39. The minimum atomic E-state index is -0.838. The van der Waals surface area contributed by atoms with Gasteiger partial charge in [0, 0.05) is 0 Å². The summed E-state index contributed by atoms with van der Waals surface area (Å²) in [5.41, 5.74) is 1.75. The van der Waals surface area contributed by atoms with E-state index in [1.807, 2.05) is 19.1 Å². The minimum absolute atomic E-state index is 0.0476. The van der Waals surface area contributed by atoms with Crippen molar-refractivity contribution in [3.63, 3.8) is 0 Å². The van der Waals surface area contributed by atoms with Gasteiger partial charge in [-0.2, -0.15) is 0 Å². The van der Waals surface area contributed by atoms with Crippen molar-refractivity contribution in [1.82, 2.24) is 0 Å². The molecule has 1 rings (SSSR count). The second-order valence-electron chi connectivity index (χ2n) is 4.88. The van der Waals surface area contributed by atoms with E-state index in [0.717, 1.165) is 11.1 Å². The first-order chi connectivity index (χ1) is 9.92. The van der Waals surface area contributed by atoms with E-state index in [-0.39, 0.29) is 12.3 Å². The standard InChI is InChI=1S/C16H22O5/c1-10(2)12(9-15(17)18)6-11-7-13(19-3)16(21-5)14(8-11)20-4/h7-8,12H,1,6,9H2,2-5H3,(H,17,18). The van der Waals surface area contributed by atoms with Crippen LogP contribution in [0.2, 0.25) is 0 Å².